The lowest BCUT2D eigenvalue weighted by molar-refractivity contribution is -0.152. The molecule has 0 aromatic carbocycles. The minimum Gasteiger partial charge on any atom is -0.465 e. The van der Waals surface area contributed by atoms with Gasteiger partial charge < -0.3 is 15.8 Å². The smallest absolute Gasteiger partial charge is 0.390 e. The maximum Gasteiger partial charge on any atom is 0.390 e. The molecule has 174 valence electrons. The maximum atomic E-state index is 12.8. The van der Waals surface area contributed by atoms with E-state index in [2.05, 4.69) is 25.4 Å². The number of esters is 1. The van der Waals surface area contributed by atoms with Crippen molar-refractivity contribution < 1.29 is 27.5 Å². The monoisotopic (exact) mass is 483 g/mol. The fraction of sp³-hybridized carbons (Fsp3) is 0.368. The first-order valence-electron chi connectivity index (χ1n) is 9.72. The van der Waals surface area contributed by atoms with Crippen LogP contribution in [0, 0.1) is 0 Å². The molecule has 3 aromatic heterocycles. The summed E-state index contributed by atoms with van der Waals surface area (Å²) in [5, 5.41) is 7.09. The van der Waals surface area contributed by atoms with Crippen LogP contribution in [0.15, 0.2) is 12.1 Å². The summed E-state index contributed by atoms with van der Waals surface area (Å²) in [7, 11) is 0. The Morgan fingerprint density at radius 1 is 1.30 bits per heavy atom. The van der Waals surface area contributed by atoms with Gasteiger partial charge in [0, 0.05) is 0 Å². The van der Waals surface area contributed by atoms with E-state index in [9.17, 15) is 22.8 Å². The fourth-order valence-electron chi connectivity index (χ4n) is 3.57. The van der Waals surface area contributed by atoms with E-state index in [1.54, 1.807) is 6.92 Å². The number of hydrogen-bond donors (Lipinski definition) is 2. The number of anilines is 2. The Labute approximate surface area is 189 Å². The number of carbonyl (C=O) groups is 2. The van der Waals surface area contributed by atoms with E-state index in [-0.39, 0.29) is 46.1 Å². The number of halogens is 4. The zero-order valence-corrected chi connectivity index (χ0v) is 18.1. The number of nitrogen functional groups attached to an aromatic ring is 1. The van der Waals surface area contributed by atoms with Crippen molar-refractivity contribution in [3.8, 4) is 11.5 Å². The number of rotatable bonds is 5. The summed E-state index contributed by atoms with van der Waals surface area (Å²) in [5.41, 5.74) is 4.59. The van der Waals surface area contributed by atoms with Crippen molar-refractivity contribution in [2.75, 3.05) is 17.7 Å². The highest BCUT2D eigenvalue weighted by molar-refractivity contribution is 6.29. The molecule has 3 aromatic rings. The minimum atomic E-state index is -4.41. The Morgan fingerprint density at radius 3 is 2.70 bits per heavy atom. The highest BCUT2D eigenvalue weighted by atomic mass is 35.5. The third-order valence-corrected chi connectivity index (χ3v) is 5.40. The average Bonchev–Trinajstić information content (AvgIpc) is 3.21. The summed E-state index contributed by atoms with van der Waals surface area (Å²) >= 11 is 5.92. The lowest BCUT2D eigenvalue weighted by Crippen LogP contribution is -2.41. The molecule has 1 aliphatic heterocycles. The van der Waals surface area contributed by atoms with Crippen molar-refractivity contribution in [3.05, 3.63) is 22.8 Å². The quantitative estimate of drug-likeness (QED) is 0.321. The zero-order chi connectivity index (χ0) is 24.1. The van der Waals surface area contributed by atoms with E-state index in [1.165, 1.54) is 19.1 Å². The maximum absolute atomic E-state index is 12.8. The number of pyridine rings is 1. The van der Waals surface area contributed by atoms with Crippen molar-refractivity contribution in [1.82, 2.24) is 24.7 Å². The van der Waals surface area contributed by atoms with Gasteiger partial charge in [-0.15, -0.1) is 0 Å². The zero-order valence-electron chi connectivity index (χ0n) is 17.3. The normalized spacial score (nSPS) is 17.8. The van der Waals surface area contributed by atoms with E-state index < -0.39 is 36.4 Å². The van der Waals surface area contributed by atoms with Gasteiger partial charge in [-0.3, -0.25) is 9.59 Å². The number of fused-ring (bicyclic) bond motifs is 2. The van der Waals surface area contributed by atoms with Gasteiger partial charge in [-0.1, -0.05) is 11.6 Å². The molecule has 14 heteroatoms. The van der Waals surface area contributed by atoms with Crippen molar-refractivity contribution in [2.24, 2.45) is 0 Å². The molecule has 0 saturated carbocycles. The molecule has 1 unspecified atom stereocenters. The number of carbonyl (C=O) groups excluding carboxylic acids is 2. The lowest BCUT2D eigenvalue weighted by Gasteiger charge is -2.20. The summed E-state index contributed by atoms with van der Waals surface area (Å²) in [6.45, 7) is 2.48. The standard InChI is InChI=1S/C19H17ClF3N7O3/c1-3-33-17(32)18(2)10-12(24)26-14(27-13(10)28-16(18)31)11-8-4-5-9(20)25-15(8)30(29-11)7-6-19(21,22)23/h4-5H,3,6-7H2,1-2H3,(H3,24,26,27,28,31). The van der Waals surface area contributed by atoms with Crippen LogP contribution >= 0.6 is 11.6 Å². The molecule has 0 spiro atoms. The minimum absolute atomic E-state index is 0.0158. The predicted octanol–water partition coefficient (Wildman–Crippen LogP) is 2.85. The van der Waals surface area contributed by atoms with Crippen molar-refractivity contribution in [3.63, 3.8) is 0 Å². The van der Waals surface area contributed by atoms with Crippen LogP contribution in [0.4, 0.5) is 24.8 Å². The largest absolute Gasteiger partial charge is 0.465 e. The molecule has 33 heavy (non-hydrogen) atoms. The van der Waals surface area contributed by atoms with Crippen molar-refractivity contribution >= 4 is 46.1 Å². The second-order valence-electron chi connectivity index (χ2n) is 7.40. The average molecular weight is 484 g/mol. The van der Waals surface area contributed by atoms with Crippen molar-refractivity contribution in [1.29, 1.82) is 0 Å². The highest BCUT2D eigenvalue weighted by Crippen LogP contribution is 2.42. The van der Waals surface area contributed by atoms with Crippen LogP contribution in [-0.2, 0) is 26.3 Å². The van der Waals surface area contributed by atoms with Gasteiger partial charge in [-0.05, 0) is 26.0 Å². The van der Waals surface area contributed by atoms with Gasteiger partial charge in [0.05, 0.1) is 30.5 Å². The molecule has 0 bridgehead atoms. The molecular weight excluding hydrogens is 467 g/mol. The summed E-state index contributed by atoms with van der Waals surface area (Å²) in [5.74, 6) is -1.77. The van der Waals surface area contributed by atoms with E-state index >= 15 is 0 Å². The van der Waals surface area contributed by atoms with Crippen LogP contribution in [-0.4, -0.2) is 49.4 Å². The number of amides is 1. The van der Waals surface area contributed by atoms with Crippen LogP contribution in [0.25, 0.3) is 22.6 Å². The van der Waals surface area contributed by atoms with Crippen LogP contribution in [0.5, 0.6) is 0 Å². The van der Waals surface area contributed by atoms with Gasteiger partial charge >= 0.3 is 12.1 Å². The summed E-state index contributed by atoms with van der Waals surface area (Å²) in [6, 6.07) is 2.96. The van der Waals surface area contributed by atoms with E-state index in [0.29, 0.717) is 5.39 Å². The molecule has 0 radical (unpaired) electrons. The van der Waals surface area contributed by atoms with Gasteiger partial charge in [-0.2, -0.15) is 18.3 Å². The number of aryl methyl sites for hydroxylation is 1. The van der Waals surface area contributed by atoms with Crippen LogP contribution in [0.3, 0.4) is 0 Å². The first-order valence-corrected chi connectivity index (χ1v) is 10.1. The summed E-state index contributed by atoms with van der Waals surface area (Å²) in [6.07, 6.45) is -5.55. The molecule has 0 fully saturated rings. The topological polar surface area (TPSA) is 138 Å². The lowest BCUT2D eigenvalue weighted by atomic mass is 9.84. The highest BCUT2D eigenvalue weighted by Gasteiger charge is 2.53. The molecule has 1 aliphatic rings. The Kier molecular flexibility index (Phi) is 5.39. The predicted molar refractivity (Wildman–Crippen MR) is 111 cm³/mol. The molecule has 4 heterocycles. The Hall–Kier alpha value is -3.48. The van der Waals surface area contributed by atoms with E-state index in [1.807, 2.05) is 0 Å². The number of ether oxygens (including phenoxy) is 1. The molecule has 10 nitrogen and oxygen atoms in total. The van der Waals surface area contributed by atoms with Gasteiger partial charge in [0.25, 0.3) is 0 Å². The molecule has 4 rings (SSSR count). The summed E-state index contributed by atoms with van der Waals surface area (Å²) < 4.78 is 44.4. The van der Waals surface area contributed by atoms with Gasteiger partial charge in [0.2, 0.25) is 5.91 Å². The molecule has 1 atom stereocenters. The Bertz CT molecular complexity index is 1290. The number of nitrogens with two attached hydrogens (primary N) is 1. The fourth-order valence-corrected chi connectivity index (χ4v) is 3.71. The van der Waals surface area contributed by atoms with E-state index in [0.717, 1.165) is 4.68 Å². The third kappa shape index (κ3) is 3.81. The summed E-state index contributed by atoms with van der Waals surface area (Å²) in [4.78, 5) is 37.6. The molecule has 0 saturated heterocycles. The van der Waals surface area contributed by atoms with Gasteiger partial charge in [0.15, 0.2) is 16.9 Å². The van der Waals surface area contributed by atoms with Crippen LogP contribution in [0.1, 0.15) is 25.8 Å². The second-order valence-corrected chi connectivity index (χ2v) is 7.78. The van der Waals surface area contributed by atoms with Gasteiger partial charge in [-0.25, -0.2) is 19.6 Å². The van der Waals surface area contributed by atoms with Crippen LogP contribution in [0.2, 0.25) is 5.15 Å². The number of aromatic nitrogens is 5. The van der Waals surface area contributed by atoms with Gasteiger partial charge in [0.1, 0.15) is 22.5 Å². The first-order chi connectivity index (χ1) is 15.5. The molecular formula is C19H17ClF3N7O3. The SMILES string of the molecule is CCOC(=O)C1(C)C(=O)Nc2nc(-c3nn(CCC(F)(F)F)c4nc(Cl)ccc34)nc(N)c21. The molecule has 1 amide bonds. The second kappa shape index (κ2) is 7.83. The van der Waals surface area contributed by atoms with E-state index in [4.69, 9.17) is 22.1 Å². The Balaban J connectivity index is 1.84. The number of hydrogen-bond acceptors (Lipinski definition) is 8. The molecule has 3 N–H and O–H groups in total. The van der Waals surface area contributed by atoms with Crippen LogP contribution < -0.4 is 11.1 Å². The third-order valence-electron chi connectivity index (χ3n) is 5.19. The molecule has 0 aliphatic carbocycles. The number of alkyl halides is 3. The first kappa shape index (κ1) is 22.7. The number of nitrogens with one attached hydrogen (secondary N) is 1. The number of nitrogens with zero attached hydrogens (tertiary/aromatic N) is 5. The van der Waals surface area contributed by atoms with Crippen molar-refractivity contribution in [2.45, 2.75) is 38.4 Å². The Morgan fingerprint density at radius 2 is 2.03 bits per heavy atom.